The molecule has 0 spiro atoms. The van der Waals surface area contributed by atoms with E-state index in [-0.39, 0.29) is 11.7 Å². The van der Waals surface area contributed by atoms with Gasteiger partial charge in [0.15, 0.2) is 5.82 Å². The molecule has 1 heterocycles. The Kier molecular flexibility index (Phi) is 2.35. The molecule has 1 aromatic heterocycles. The minimum absolute atomic E-state index is 0.149. The Morgan fingerprint density at radius 2 is 2.36 bits per heavy atom. The minimum atomic E-state index is -0.250. The van der Waals surface area contributed by atoms with E-state index in [0.717, 1.165) is 18.7 Å². The van der Waals surface area contributed by atoms with Gasteiger partial charge in [-0.2, -0.15) is 4.98 Å². The number of nitrogens with zero attached hydrogens (tertiary/aromatic N) is 2. The summed E-state index contributed by atoms with van der Waals surface area (Å²) in [4.78, 5) is 15.6. The fourth-order valence-electron chi connectivity index (χ4n) is 1.37. The predicted octanol–water partition coefficient (Wildman–Crippen LogP) is 2.03. The van der Waals surface area contributed by atoms with E-state index in [2.05, 4.69) is 10.1 Å². The fourth-order valence-corrected chi connectivity index (χ4v) is 1.37. The van der Waals surface area contributed by atoms with Gasteiger partial charge in [0, 0.05) is 12.3 Å². The number of aromatic nitrogens is 2. The normalized spacial score (nSPS) is 18.1. The molecule has 0 N–H and O–H groups in total. The van der Waals surface area contributed by atoms with Crippen molar-refractivity contribution in [1.29, 1.82) is 0 Å². The molecule has 1 aliphatic rings. The molecule has 14 heavy (non-hydrogen) atoms. The van der Waals surface area contributed by atoms with Crippen LogP contribution in [0.15, 0.2) is 4.52 Å². The first-order valence-corrected chi connectivity index (χ1v) is 5.08. The Balaban J connectivity index is 2.11. The average molecular weight is 194 g/mol. The molecule has 0 amide bonds. The van der Waals surface area contributed by atoms with Crippen LogP contribution in [0.25, 0.3) is 0 Å². The summed E-state index contributed by atoms with van der Waals surface area (Å²) in [6.07, 6.45) is 2.81. The molecule has 1 fully saturated rings. The zero-order valence-corrected chi connectivity index (χ0v) is 8.49. The van der Waals surface area contributed by atoms with Crippen molar-refractivity contribution >= 4 is 5.78 Å². The van der Waals surface area contributed by atoms with Crippen LogP contribution >= 0.6 is 0 Å². The second-order valence-electron chi connectivity index (χ2n) is 3.81. The van der Waals surface area contributed by atoms with E-state index < -0.39 is 0 Å². The van der Waals surface area contributed by atoms with E-state index in [9.17, 15) is 4.79 Å². The van der Waals surface area contributed by atoms with Crippen LogP contribution in [0, 0.1) is 0 Å². The van der Waals surface area contributed by atoms with E-state index in [0.29, 0.717) is 18.2 Å². The van der Waals surface area contributed by atoms with E-state index in [1.807, 2.05) is 13.8 Å². The molecule has 1 aliphatic carbocycles. The van der Waals surface area contributed by atoms with E-state index in [4.69, 9.17) is 4.52 Å². The van der Waals surface area contributed by atoms with Gasteiger partial charge in [-0.05, 0) is 19.8 Å². The summed E-state index contributed by atoms with van der Waals surface area (Å²) in [6.45, 7) is 3.66. The molecular formula is C10H14N2O2. The maximum absolute atomic E-state index is 11.4. The molecule has 2 rings (SSSR count). The lowest BCUT2D eigenvalue weighted by Crippen LogP contribution is -2.07. The van der Waals surface area contributed by atoms with Crippen molar-refractivity contribution in [2.24, 2.45) is 0 Å². The molecule has 0 aromatic carbocycles. The second-order valence-corrected chi connectivity index (χ2v) is 3.81. The molecule has 1 saturated carbocycles. The highest BCUT2D eigenvalue weighted by atomic mass is 16.5. The van der Waals surface area contributed by atoms with E-state index >= 15 is 0 Å². The standard InChI is InChI=1S/C10H14N2O2/c1-3-8(13)6(2)10-11-9(12-14-10)7-4-5-7/h6-7H,3-5H2,1-2H3. The number of hydrogen-bond acceptors (Lipinski definition) is 4. The highest BCUT2D eigenvalue weighted by Crippen LogP contribution is 2.38. The van der Waals surface area contributed by atoms with Gasteiger partial charge >= 0.3 is 0 Å². The Morgan fingerprint density at radius 3 is 2.93 bits per heavy atom. The van der Waals surface area contributed by atoms with Crippen molar-refractivity contribution in [2.75, 3.05) is 0 Å². The smallest absolute Gasteiger partial charge is 0.236 e. The van der Waals surface area contributed by atoms with Crippen molar-refractivity contribution in [3.05, 3.63) is 11.7 Å². The fraction of sp³-hybridized carbons (Fsp3) is 0.700. The minimum Gasteiger partial charge on any atom is -0.339 e. The Bertz CT molecular complexity index is 342. The van der Waals surface area contributed by atoms with E-state index in [1.54, 1.807) is 0 Å². The summed E-state index contributed by atoms with van der Waals surface area (Å²) in [5.41, 5.74) is 0. The predicted molar refractivity (Wildman–Crippen MR) is 50.0 cm³/mol. The lowest BCUT2D eigenvalue weighted by Gasteiger charge is -2.01. The van der Waals surface area contributed by atoms with Gasteiger partial charge in [-0.25, -0.2) is 0 Å². The van der Waals surface area contributed by atoms with Crippen LogP contribution in [-0.4, -0.2) is 15.9 Å². The van der Waals surface area contributed by atoms with Crippen LogP contribution in [0.3, 0.4) is 0 Å². The average Bonchev–Trinajstić information content (AvgIpc) is 2.94. The molecule has 76 valence electrons. The molecule has 0 saturated heterocycles. The Labute approximate surface area is 82.7 Å². The van der Waals surface area contributed by atoms with Crippen molar-refractivity contribution < 1.29 is 9.32 Å². The summed E-state index contributed by atoms with van der Waals surface area (Å²) < 4.78 is 5.07. The zero-order valence-electron chi connectivity index (χ0n) is 8.49. The Morgan fingerprint density at radius 1 is 1.64 bits per heavy atom. The monoisotopic (exact) mass is 194 g/mol. The molecule has 1 aromatic rings. The second kappa shape index (κ2) is 3.52. The van der Waals surface area contributed by atoms with Gasteiger partial charge in [0.05, 0.1) is 5.92 Å². The number of rotatable bonds is 4. The third kappa shape index (κ3) is 1.69. The molecule has 0 bridgehead atoms. The topological polar surface area (TPSA) is 56.0 Å². The molecule has 4 heteroatoms. The summed E-state index contributed by atoms with van der Waals surface area (Å²) in [5.74, 6) is 1.63. The number of hydrogen-bond donors (Lipinski definition) is 0. The molecule has 1 unspecified atom stereocenters. The third-order valence-electron chi connectivity index (χ3n) is 2.60. The van der Waals surface area contributed by atoms with Crippen LogP contribution in [0.1, 0.15) is 56.7 Å². The SMILES string of the molecule is CCC(=O)C(C)c1nc(C2CC2)no1. The highest BCUT2D eigenvalue weighted by molar-refractivity contribution is 5.83. The van der Waals surface area contributed by atoms with Crippen LogP contribution in [0.2, 0.25) is 0 Å². The van der Waals surface area contributed by atoms with Gasteiger partial charge in [0.25, 0.3) is 0 Å². The van der Waals surface area contributed by atoms with Crippen LogP contribution < -0.4 is 0 Å². The molecular weight excluding hydrogens is 180 g/mol. The summed E-state index contributed by atoms with van der Waals surface area (Å²) in [7, 11) is 0. The van der Waals surface area contributed by atoms with Crippen molar-refractivity contribution in [3.63, 3.8) is 0 Å². The van der Waals surface area contributed by atoms with Gasteiger partial charge in [-0.1, -0.05) is 12.1 Å². The number of Topliss-reactive ketones (excluding diaryl/α,β-unsaturated/α-hetero) is 1. The Hall–Kier alpha value is -1.19. The molecule has 0 aliphatic heterocycles. The van der Waals surface area contributed by atoms with Crippen molar-refractivity contribution in [3.8, 4) is 0 Å². The number of carbonyl (C=O) groups is 1. The van der Waals surface area contributed by atoms with Crippen LogP contribution in [0.4, 0.5) is 0 Å². The first-order chi connectivity index (χ1) is 6.72. The lowest BCUT2D eigenvalue weighted by molar-refractivity contribution is -0.120. The molecule has 4 nitrogen and oxygen atoms in total. The van der Waals surface area contributed by atoms with Crippen LogP contribution in [0.5, 0.6) is 0 Å². The maximum atomic E-state index is 11.4. The first-order valence-electron chi connectivity index (χ1n) is 5.08. The lowest BCUT2D eigenvalue weighted by atomic mass is 10.1. The van der Waals surface area contributed by atoms with Crippen molar-refractivity contribution in [2.45, 2.75) is 44.9 Å². The maximum Gasteiger partial charge on any atom is 0.236 e. The van der Waals surface area contributed by atoms with Crippen LogP contribution in [-0.2, 0) is 4.79 Å². The summed E-state index contributed by atoms with van der Waals surface area (Å²) in [6, 6.07) is 0. The largest absolute Gasteiger partial charge is 0.339 e. The van der Waals surface area contributed by atoms with Gasteiger partial charge < -0.3 is 4.52 Å². The van der Waals surface area contributed by atoms with Gasteiger partial charge in [-0.15, -0.1) is 0 Å². The third-order valence-corrected chi connectivity index (χ3v) is 2.60. The van der Waals surface area contributed by atoms with E-state index in [1.165, 1.54) is 0 Å². The summed E-state index contributed by atoms with van der Waals surface area (Å²) >= 11 is 0. The highest BCUT2D eigenvalue weighted by Gasteiger charge is 2.30. The molecule has 1 atom stereocenters. The van der Waals surface area contributed by atoms with Gasteiger partial charge in [-0.3, -0.25) is 4.79 Å². The summed E-state index contributed by atoms with van der Waals surface area (Å²) in [5, 5.41) is 3.88. The number of ketones is 1. The van der Waals surface area contributed by atoms with Gasteiger partial charge in [0.1, 0.15) is 5.78 Å². The quantitative estimate of drug-likeness (QED) is 0.735. The first kappa shape index (κ1) is 9.37. The molecule has 0 radical (unpaired) electrons. The number of carbonyl (C=O) groups excluding carboxylic acids is 1. The van der Waals surface area contributed by atoms with Gasteiger partial charge in [0.2, 0.25) is 5.89 Å². The zero-order chi connectivity index (χ0) is 10.1. The van der Waals surface area contributed by atoms with Crippen molar-refractivity contribution in [1.82, 2.24) is 10.1 Å².